The van der Waals surface area contributed by atoms with E-state index in [0.29, 0.717) is 12.5 Å². The average molecular weight is 294 g/mol. The zero-order valence-electron chi connectivity index (χ0n) is 11.7. The van der Waals surface area contributed by atoms with Crippen molar-refractivity contribution in [1.29, 1.82) is 0 Å². The van der Waals surface area contributed by atoms with E-state index in [1.807, 2.05) is 0 Å². The van der Waals surface area contributed by atoms with Crippen LogP contribution in [0, 0.1) is 5.82 Å². The van der Waals surface area contributed by atoms with E-state index in [1.54, 1.807) is 11.3 Å². The van der Waals surface area contributed by atoms with Gasteiger partial charge in [0, 0.05) is 11.4 Å². The fourth-order valence-electron chi connectivity index (χ4n) is 1.81. The number of nitrogens with zero attached hydrogens (tertiary/aromatic N) is 2. The van der Waals surface area contributed by atoms with Gasteiger partial charge in [0.25, 0.3) is 0 Å². The number of aryl methyl sites for hydroxylation is 1. The fourth-order valence-corrected chi connectivity index (χ4v) is 2.73. The molecule has 0 aliphatic heterocycles. The van der Waals surface area contributed by atoms with Crippen LogP contribution >= 0.6 is 11.3 Å². The van der Waals surface area contributed by atoms with Crippen LogP contribution in [0.3, 0.4) is 0 Å². The summed E-state index contributed by atoms with van der Waals surface area (Å²) in [5.41, 5.74) is 1.29. The van der Waals surface area contributed by atoms with Gasteiger partial charge in [0.1, 0.15) is 0 Å². The number of thiophene rings is 1. The van der Waals surface area contributed by atoms with E-state index >= 15 is 0 Å². The predicted octanol–water partition coefficient (Wildman–Crippen LogP) is 3.67. The maximum absolute atomic E-state index is 13.7. The van der Waals surface area contributed by atoms with E-state index in [9.17, 15) is 4.39 Å². The fraction of sp³-hybridized carbons (Fsp3) is 0.429. The molecule has 0 fully saturated rings. The summed E-state index contributed by atoms with van der Waals surface area (Å²) in [5.74, 6) is 0.272. The summed E-state index contributed by atoms with van der Waals surface area (Å²) in [6.45, 7) is 5.53. The van der Waals surface area contributed by atoms with Crippen molar-refractivity contribution >= 4 is 23.1 Å². The van der Waals surface area contributed by atoms with Crippen molar-refractivity contribution in [2.75, 3.05) is 17.2 Å². The molecule has 0 atom stereocenters. The number of aromatic nitrogens is 2. The minimum Gasteiger partial charge on any atom is -0.363 e. The molecule has 0 saturated heterocycles. The number of anilines is 2. The summed E-state index contributed by atoms with van der Waals surface area (Å²) in [5, 5.41) is 8.16. The second kappa shape index (κ2) is 7.19. The minimum absolute atomic E-state index is 0.244. The van der Waals surface area contributed by atoms with E-state index in [-0.39, 0.29) is 5.82 Å². The quantitative estimate of drug-likeness (QED) is 0.818. The molecule has 108 valence electrons. The van der Waals surface area contributed by atoms with E-state index in [4.69, 9.17) is 0 Å². The summed E-state index contributed by atoms with van der Waals surface area (Å²) in [7, 11) is 0. The number of hydrogen-bond acceptors (Lipinski definition) is 5. The lowest BCUT2D eigenvalue weighted by atomic mass is 10.2. The maximum atomic E-state index is 13.7. The first-order valence-electron chi connectivity index (χ1n) is 6.80. The Bertz CT molecular complexity index is 556. The van der Waals surface area contributed by atoms with Gasteiger partial charge in [-0.2, -0.15) is 4.98 Å². The van der Waals surface area contributed by atoms with E-state index in [0.717, 1.165) is 19.4 Å². The Kier molecular flexibility index (Phi) is 5.29. The van der Waals surface area contributed by atoms with Gasteiger partial charge in [0.05, 0.1) is 12.7 Å². The standard InChI is InChI=1S/C14H19FN4S/c1-3-6-16-14-18-8-11(15)13(19-14)17-9-12-10(4-2)5-7-20-12/h5,7-8H,3-4,6,9H2,1-2H3,(H2,16,17,18,19). The highest BCUT2D eigenvalue weighted by Crippen LogP contribution is 2.20. The summed E-state index contributed by atoms with van der Waals surface area (Å²) < 4.78 is 13.7. The van der Waals surface area contributed by atoms with Gasteiger partial charge in [0.15, 0.2) is 11.6 Å². The first-order valence-corrected chi connectivity index (χ1v) is 7.68. The second-order valence-electron chi connectivity index (χ2n) is 4.39. The van der Waals surface area contributed by atoms with Crippen LogP contribution in [0.25, 0.3) is 0 Å². The topological polar surface area (TPSA) is 49.8 Å². The highest BCUT2D eigenvalue weighted by atomic mass is 32.1. The van der Waals surface area contributed by atoms with Crippen molar-refractivity contribution < 1.29 is 4.39 Å². The van der Waals surface area contributed by atoms with Gasteiger partial charge in [-0.15, -0.1) is 11.3 Å². The van der Waals surface area contributed by atoms with Crippen molar-refractivity contribution in [3.05, 3.63) is 33.9 Å². The Hall–Kier alpha value is -1.69. The zero-order chi connectivity index (χ0) is 14.4. The molecule has 0 amide bonds. The van der Waals surface area contributed by atoms with Crippen molar-refractivity contribution in [3.8, 4) is 0 Å². The Morgan fingerprint density at radius 1 is 1.30 bits per heavy atom. The molecule has 2 aromatic rings. The van der Waals surface area contributed by atoms with Gasteiger partial charge in [-0.05, 0) is 29.9 Å². The highest BCUT2D eigenvalue weighted by molar-refractivity contribution is 7.10. The zero-order valence-corrected chi connectivity index (χ0v) is 12.6. The second-order valence-corrected chi connectivity index (χ2v) is 5.39. The van der Waals surface area contributed by atoms with Crippen LogP contribution in [0.15, 0.2) is 17.6 Å². The smallest absolute Gasteiger partial charge is 0.224 e. The molecular weight excluding hydrogens is 275 g/mol. The summed E-state index contributed by atoms with van der Waals surface area (Å²) >= 11 is 1.67. The maximum Gasteiger partial charge on any atom is 0.224 e. The lowest BCUT2D eigenvalue weighted by molar-refractivity contribution is 0.617. The highest BCUT2D eigenvalue weighted by Gasteiger charge is 2.08. The van der Waals surface area contributed by atoms with Gasteiger partial charge < -0.3 is 10.6 Å². The van der Waals surface area contributed by atoms with Gasteiger partial charge in [-0.1, -0.05) is 13.8 Å². The Labute approximate surface area is 122 Å². The first-order chi connectivity index (χ1) is 9.74. The SMILES string of the molecule is CCCNc1ncc(F)c(NCc2sccc2CC)n1. The summed E-state index contributed by atoms with van der Waals surface area (Å²) in [6, 6.07) is 2.10. The van der Waals surface area contributed by atoms with Gasteiger partial charge in [-0.3, -0.25) is 0 Å². The van der Waals surface area contributed by atoms with Gasteiger partial charge in [-0.25, -0.2) is 9.37 Å². The van der Waals surface area contributed by atoms with Crippen LogP contribution in [0.2, 0.25) is 0 Å². The molecule has 2 heterocycles. The average Bonchev–Trinajstić information content (AvgIpc) is 2.92. The third-order valence-corrected chi connectivity index (χ3v) is 3.88. The van der Waals surface area contributed by atoms with Crippen LogP contribution in [0.5, 0.6) is 0 Å². The van der Waals surface area contributed by atoms with Gasteiger partial charge >= 0.3 is 0 Å². The van der Waals surface area contributed by atoms with E-state index in [2.05, 4.69) is 45.9 Å². The lowest BCUT2D eigenvalue weighted by Gasteiger charge is -2.09. The number of rotatable bonds is 7. The Morgan fingerprint density at radius 3 is 2.90 bits per heavy atom. The number of hydrogen-bond donors (Lipinski definition) is 2. The first kappa shape index (κ1) is 14.7. The predicted molar refractivity (Wildman–Crippen MR) is 81.8 cm³/mol. The van der Waals surface area contributed by atoms with Crippen molar-refractivity contribution in [3.63, 3.8) is 0 Å². The summed E-state index contributed by atoms with van der Waals surface area (Å²) in [6.07, 6.45) is 3.15. The largest absolute Gasteiger partial charge is 0.363 e. The van der Waals surface area contributed by atoms with Gasteiger partial charge in [0.2, 0.25) is 5.95 Å². The molecule has 0 spiro atoms. The molecule has 0 unspecified atom stereocenters. The van der Waals surface area contributed by atoms with E-state index < -0.39 is 5.82 Å². The molecule has 2 rings (SSSR count). The molecule has 6 heteroatoms. The Balaban J connectivity index is 2.04. The molecular formula is C14H19FN4S. The molecule has 0 bridgehead atoms. The molecule has 0 aliphatic rings. The van der Waals surface area contributed by atoms with E-state index in [1.165, 1.54) is 16.6 Å². The summed E-state index contributed by atoms with van der Waals surface area (Å²) in [4.78, 5) is 9.30. The normalized spacial score (nSPS) is 10.6. The van der Waals surface area contributed by atoms with Crippen LogP contribution in [-0.4, -0.2) is 16.5 Å². The third-order valence-electron chi connectivity index (χ3n) is 2.91. The third kappa shape index (κ3) is 3.66. The molecule has 0 aromatic carbocycles. The molecule has 0 aliphatic carbocycles. The van der Waals surface area contributed by atoms with Crippen LogP contribution in [-0.2, 0) is 13.0 Å². The van der Waals surface area contributed by atoms with Crippen molar-refractivity contribution in [2.45, 2.75) is 33.2 Å². The number of nitrogens with one attached hydrogen (secondary N) is 2. The van der Waals surface area contributed by atoms with Crippen LogP contribution in [0.4, 0.5) is 16.2 Å². The van der Waals surface area contributed by atoms with Crippen molar-refractivity contribution in [2.24, 2.45) is 0 Å². The molecule has 20 heavy (non-hydrogen) atoms. The molecule has 2 aromatic heterocycles. The van der Waals surface area contributed by atoms with Crippen molar-refractivity contribution in [1.82, 2.24) is 9.97 Å². The number of halogens is 1. The lowest BCUT2D eigenvalue weighted by Crippen LogP contribution is -2.09. The van der Waals surface area contributed by atoms with Crippen LogP contribution < -0.4 is 10.6 Å². The molecule has 0 saturated carbocycles. The Morgan fingerprint density at radius 2 is 2.15 bits per heavy atom. The monoisotopic (exact) mass is 294 g/mol. The van der Waals surface area contributed by atoms with Crippen LogP contribution in [0.1, 0.15) is 30.7 Å². The minimum atomic E-state index is -0.429. The molecule has 2 N–H and O–H groups in total. The molecule has 4 nitrogen and oxygen atoms in total. The molecule has 0 radical (unpaired) electrons.